The number of fused-ring (bicyclic) bond motifs is 1. The molecule has 3 nitrogen and oxygen atoms in total. The second kappa shape index (κ2) is 5.60. The van der Waals surface area contributed by atoms with Gasteiger partial charge < -0.3 is 4.74 Å². The first kappa shape index (κ1) is 14.3. The summed E-state index contributed by atoms with van der Waals surface area (Å²) in [6, 6.07) is 14.3. The first-order valence-electron chi connectivity index (χ1n) is 7.23. The van der Waals surface area contributed by atoms with Gasteiger partial charge in [0.25, 0.3) is 0 Å². The van der Waals surface area contributed by atoms with E-state index < -0.39 is 0 Å². The molecule has 1 aliphatic carbocycles. The predicted octanol–water partition coefficient (Wildman–Crippen LogP) is 3.94. The highest BCUT2D eigenvalue weighted by Crippen LogP contribution is 2.28. The molecule has 0 fully saturated rings. The van der Waals surface area contributed by atoms with Crippen LogP contribution in [0.3, 0.4) is 0 Å². The Kier molecular flexibility index (Phi) is 3.63. The van der Waals surface area contributed by atoms with Crippen LogP contribution < -0.4 is 4.74 Å². The van der Waals surface area contributed by atoms with Gasteiger partial charge in [-0.3, -0.25) is 9.59 Å². The molecule has 0 N–H and O–H groups in total. The molecule has 0 aromatic heterocycles. The number of rotatable bonds is 3. The highest BCUT2D eigenvalue weighted by molar-refractivity contribution is 6.41. The van der Waals surface area contributed by atoms with Gasteiger partial charge in [0.05, 0.1) is 11.7 Å². The molecule has 110 valence electrons. The van der Waals surface area contributed by atoms with Crippen molar-refractivity contribution in [1.29, 1.82) is 0 Å². The zero-order chi connectivity index (χ0) is 15.7. The fourth-order valence-electron chi connectivity index (χ4n) is 2.48. The predicted molar refractivity (Wildman–Crippen MR) is 85.3 cm³/mol. The Balaban J connectivity index is 1.90. The number of benzene rings is 2. The van der Waals surface area contributed by atoms with Crippen molar-refractivity contribution in [3.05, 3.63) is 70.8 Å². The number of Topliss-reactive ketones (excluding diaryl/α,β-unsaturated/α-hetero) is 2. The highest BCUT2D eigenvalue weighted by Gasteiger charge is 2.32. The molecular weight excluding hydrogens is 276 g/mol. The van der Waals surface area contributed by atoms with Gasteiger partial charge in [0.1, 0.15) is 5.75 Å². The summed E-state index contributed by atoms with van der Waals surface area (Å²) in [6.07, 6.45) is 1.75. The lowest BCUT2D eigenvalue weighted by Gasteiger charge is -2.09. The summed E-state index contributed by atoms with van der Waals surface area (Å²) in [5.41, 5.74) is 2.00. The van der Waals surface area contributed by atoms with Gasteiger partial charge in [-0.15, -0.1) is 0 Å². The quantitative estimate of drug-likeness (QED) is 0.636. The van der Waals surface area contributed by atoms with Crippen LogP contribution in [0.1, 0.15) is 40.1 Å². The Morgan fingerprint density at radius 1 is 0.864 bits per heavy atom. The van der Waals surface area contributed by atoms with Crippen LogP contribution in [0.2, 0.25) is 0 Å². The monoisotopic (exact) mass is 292 g/mol. The number of ether oxygens (including phenoxy) is 1. The van der Waals surface area contributed by atoms with Crippen molar-refractivity contribution in [1.82, 2.24) is 0 Å². The lowest BCUT2D eigenvalue weighted by molar-refractivity contribution is 0.0990. The summed E-state index contributed by atoms with van der Waals surface area (Å²) in [4.78, 5) is 24.6. The summed E-state index contributed by atoms with van der Waals surface area (Å²) in [7, 11) is 0. The van der Waals surface area contributed by atoms with Crippen molar-refractivity contribution in [2.75, 3.05) is 0 Å². The third kappa shape index (κ3) is 2.58. The molecule has 2 aromatic carbocycles. The van der Waals surface area contributed by atoms with Crippen LogP contribution in [-0.4, -0.2) is 17.7 Å². The van der Waals surface area contributed by atoms with E-state index in [1.54, 1.807) is 30.3 Å². The van der Waals surface area contributed by atoms with E-state index in [2.05, 4.69) is 0 Å². The van der Waals surface area contributed by atoms with E-state index in [4.69, 9.17) is 4.74 Å². The first-order valence-corrected chi connectivity index (χ1v) is 7.23. The molecule has 0 aliphatic heterocycles. The summed E-state index contributed by atoms with van der Waals surface area (Å²) < 4.78 is 5.58. The fraction of sp³-hybridized carbons (Fsp3) is 0.158. The van der Waals surface area contributed by atoms with Gasteiger partial charge in [-0.25, -0.2) is 0 Å². The Hall–Kier alpha value is -2.68. The molecular formula is C19H16O3. The van der Waals surface area contributed by atoms with Crippen LogP contribution in [0.25, 0.3) is 6.08 Å². The maximum absolute atomic E-state index is 12.3. The van der Waals surface area contributed by atoms with Gasteiger partial charge in [-0.1, -0.05) is 36.4 Å². The maximum Gasteiger partial charge on any atom is 0.197 e. The molecule has 0 spiro atoms. The average molecular weight is 292 g/mol. The van der Waals surface area contributed by atoms with E-state index >= 15 is 0 Å². The molecule has 0 unspecified atom stereocenters. The summed E-state index contributed by atoms with van der Waals surface area (Å²) in [6.45, 7) is 3.92. The molecule has 2 aromatic rings. The van der Waals surface area contributed by atoms with Crippen LogP contribution in [0.4, 0.5) is 0 Å². The van der Waals surface area contributed by atoms with Crippen molar-refractivity contribution in [2.24, 2.45) is 0 Å². The zero-order valence-electron chi connectivity index (χ0n) is 12.5. The van der Waals surface area contributed by atoms with Gasteiger partial charge >= 0.3 is 0 Å². The maximum atomic E-state index is 12.3. The van der Waals surface area contributed by atoms with Crippen LogP contribution in [0, 0.1) is 0 Å². The standard InChI is InChI=1S/C19H16O3/c1-12(2)22-14-9-7-13(8-10-14)11-17-18(20)15-5-3-4-6-16(15)19(17)21/h3-12H,1-2H3. The molecule has 0 saturated carbocycles. The highest BCUT2D eigenvalue weighted by atomic mass is 16.5. The smallest absolute Gasteiger partial charge is 0.197 e. The third-order valence-electron chi connectivity index (χ3n) is 3.47. The van der Waals surface area contributed by atoms with E-state index in [1.165, 1.54) is 0 Å². The minimum absolute atomic E-state index is 0.108. The Morgan fingerprint density at radius 2 is 1.41 bits per heavy atom. The molecule has 0 bridgehead atoms. The normalized spacial score (nSPS) is 13.5. The van der Waals surface area contributed by atoms with E-state index in [0.29, 0.717) is 11.1 Å². The number of hydrogen-bond acceptors (Lipinski definition) is 3. The van der Waals surface area contributed by atoms with E-state index in [1.807, 2.05) is 38.1 Å². The van der Waals surface area contributed by atoms with Gasteiger partial charge in [-0.2, -0.15) is 0 Å². The van der Waals surface area contributed by atoms with Crippen LogP contribution in [0.5, 0.6) is 5.75 Å². The summed E-state index contributed by atoms with van der Waals surface area (Å²) in [5, 5.41) is 0. The van der Waals surface area contributed by atoms with Crippen molar-refractivity contribution in [3.8, 4) is 5.75 Å². The molecule has 0 heterocycles. The zero-order valence-corrected chi connectivity index (χ0v) is 12.5. The number of hydrogen-bond donors (Lipinski definition) is 0. The number of carbonyl (C=O) groups excluding carboxylic acids is 2. The molecule has 0 saturated heterocycles. The molecule has 0 atom stereocenters. The van der Waals surface area contributed by atoms with Crippen molar-refractivity contribution >= 4 is 17.6 Å². The van der Waals surface area contributed by atoms with Gasteiger partial charge in [0, 0.05) is 11.1 Å². The third-order valence-corrected chi connectivity index (χ3v) is 3.47. The van der Waals surface area contributed by atoms with E-state index in [9.17, 15) is 9.59 Å². The van der Waals surface area contributed by atoms with Crippen LogP contribution >= 0.6 is 0 Å². The van der Waals surface area contributed by atoms with Crippen molar-refractivity contribution < 1.29 is 14.3 Å². The van der Waals surface area contributed by atoms with Gasteiger partial charge in [0.2, 0.25) is 0 Å². The fourth-order valence-corrected chi connectivity index (χ4v) is 2.48. The Morgan fingerprint density at radius 3 is 1.91 bits per heavy atom. The first-order chi connectivity index (χ1) is 10.6. The lowest BCUT2D eigenvalue weighted by atomic mass is 10.1. The molecule has 3 heteroatoms. The SMILES string of the molecule is CC(C)Oc1ccc(C=C2C(=O)c3ccccc3C2=O)cc1. The molecule has 22 heavy (non-hydrogen) atoms. The van der Waals surface area contributed by atoms with Crippen molar-refractivity contribution in [2.45, 2.75) is 20.0 Å². The largest absolute Gasteiger partial charge is 0.491 e. The molecule has 0 radical (unpaired) electrons. The molecule has 1 aliphatic rings. The number of allylic oxidation sites excluding steroid dienone is 1. The minimum atomic E-state index is -0.205. The minimum Gasteiger partial charge on any atom is -0.491 e. The van der Waals surface area contributed by atoms with Crippen LogP contribution in [0.15, 0.2) is 54.1 Å². The number of ketones is 2. The summed E-state index contributed by atoms with van der Waals surface area (Å²) >= 11 is 0. The number of carbonyl (C=O) groups is 2. The molecule has 3 rings (SSSR count). The Bertz CT molecular complexity index is 731. The average Bonchev–Trinajstić information content (AvgIpc) is 2.74. The second-order valence-electron chi connectivity index (χ2n) is 5.50. The summed E-state index contributed by atoms with van der Waals surface area (Å²) in [5.74, 6) is 0.357. The van der Waals surface area contributed by atoms with Crippen LogP contribution in [-0.2, 0) is 0 Å². The second-order valence-corrected chi connectivity index (χ2v) is 5.50. The lowest BCUT2D eigenvalue weighted by Crippen LogP contribution is -2.05. The molecule has 0 amide bonds. The van der Waals surface area contributed by atoms with E-state index in [-0.39, 0.29) is 23.2 Å². The topological polar surface area (TPSA) is 43.4 Å². The Labute approximate surface area is 129 Å². The van der Waals surface area contributed by atoms with Crippen molar-refractivity contribution in [3.63, 3.8) is 0 Å². The van der Waals surface area contributed by atoms with Gasteiger partial charge in [0.15, 0.2) is 11.6 Å². The van der Waals surface area contributed by atoms with E-state index in [0.717, 1.165) is 11.3 Å². The van der Waals surface area contributed by atoms with Gasteiger partial charge in [-0.05, 0) is 37.6 Å².